The van der Waals surface area contributed by atoms with E-state index in [2.05, 4.69) is 70.5 Å². The predicted molar refractivity (Wildman–Crippen MR) is 130 cm³/mol. The number of carbonyl (C=O) groups is 1. The monoisotopic (exact) mass is 441 g/mol. The normalized spacial score (nSPS) is 25.3. The summed E-state index contributed by atoms with van der Waals surface area (Å²) in [6.45, 7) is 8.49. The highest BCUT2D eigenvalue weighted by atomic mass is 16.1. The number of fused-ring (bicyclic) bond motifs is 1. The number of allylic oxidation sites excluding steroid dienone is 2. The minimum atomic E-state index is -0.542. The van der Waals surface area contributed by atoms with Crippen LogP contribution >= 0.6 is 0 Å². The van der Waals surface area contributed by atoms with Gasteiger partial charge in [-0.15, -0.1) is 0 Å². The van der Waals surface area contributed by atoms with E-state index < -0.39 is 5.41 Å². The Morgan fingerprint density at radius 2 is 1.94 bits per heavy atom. The Hall–Kier alpha value is -3.28. The zero-order valence-electron chi connectivity index (χ0n) is 20.0. The molecular weight excluding hydrogens is 410 g/mol. The molecule has 170 valence electrons. The van der Waals surface area contributed by atoms with E-state index in [1.165, 1.54) is 0 Å². The second kappa shape index (κ2) is 7.65. The molecule has 33 heavy (non-hydrogen) atoms. The molecule has 2 aliphatic heterocycles. The van der Waals surface area contributed by atoms with Crippen molar-refractivity contribution in [1.82, 2.24) is 10.3 Å². The van der Waals surface area contributed by atoms with Crippen molar-refractivity contribution in [1.29, 1.82) is 0 Å². The van der Waals surface area contributed by atoms with Crippen molar-refractivity contribution in [3.8, 4) is 0 Å². The van der Waals surface area contributed by atoms with Crippen LogP contribution in [0.2, 0.25) is 0 Å². The summed E-state index contributed by atoms with van der Waals surface area (Å²) >= 11 is 0. The minimum absolute atomic E-state index is 0.0712. The van der Waals surface area contributed by atoms with Gasteiger partial charge in [0.05, 0.1) is 11.6 Å². The van der Waals surface area contributed by atoms with Crippen LogP contribution in [0.3, 0.4) is 0 Å². The highest BCUT2D eigenvalue weighted by molar-refractivity contribution is 6.01. The number of pyridine rings is 1. The molecule has 6 nitrogen and oxygen atoms in total. The molecule has 3 aliphatic rings. The Bertz CT molecular complexity index is 1220. The number of hydrogen-bond donors (Lipinski definition) is 1. The lowest BCUT2D eigenvalue weighted by Crippen LogP contribution is -2.51. The Morgan fingerprint density at radius 3 is 2.70 bits per heavy atom. The van der Waals surface area contributed by atoms with Crippen molar-refractivity contribution in [3.05, 3.63) is 76.8 Å². The molecule has 3 heterocycles. The molecule has 2 atom stereocenters. The summed E-state index contributed by atoms with van der Waals surface area (Å²) in [5.41, 5.74) is 5.49. The van der Waals surface area contributed by atoms with E-state index in [-0.39, 0.29) is 17.4 Å². The van der Waals surface area contributed by atoms with Crippen LogP contribution in [0.25, 0.3) is 0 Å². The summed E-state index contributed by atoms with van der Waals surface area (Å²) in [6, 6.07) is 14.5. The van der Waals surface area contributed by atoms with Crippen LogP contribution in [0.5, 0.6) is 0 Å². The Morgan fingerprint density at radius 1 is 1.15 bits per heavy atom. The second-order valence-electron chi connectivity index (χ2n) is 10.2. The second-order valence-corrected chi connectivity index (χ2v) is 10.2. The molecule has 1 aromatic carbocycles. The number of aromatic nitrogens is 1. The van der Waals surface area contributed by atoms with E-state index in [0.717, 1.165) is 52.4 Å². The molecule has 0 bridgehead atoms. The van der Waals surface area contributed by atoms with Gasteiger partial charge in [-0.2, -0.15) is 10.2 Å². The number of nitrogens with one attached hydrogen (secondary N) is 1. The van der Waals surface area contributed by atoms with E-state index in [1.807, 2.05) is 38.4 Å². The lowest BCUT2D eigenvalue weighted by Gasteiger charge is -2.48. The highest BCUT2D eigenvalue weighted by Gasteiger charge is 2.53. The molecule has 0 fully saturated rings. The van der Waals surface area contributed by atoms with Gasteiger partial charge in [0.1, 0.15) is 5.82 Å². The van der Waals surface area contributed by atoms with Crippen molar-refractivity contribution in [2.24, 2.45) is 15.6 Å². The van der Waals surface area contributed by atoms with Gasteiger partial charge in [-0.25, -0.2) is 4.98 Å². The average molecular weight is 442 g/mol. The molecule has 5 rings (SSSR count). The summed E-state index contributed by atoms with van der Waals surface area (Å²) < 4.78 is 0. The van der Waals surface area contributed by atoms with Crippen molar-refractivity contribution in [2.45, 2.75) is 58.5 Å². The molecule has 0 spiro atoms. The fourth-order valence-electron chi connectivity index (χ4n) is 5.72. The summed E-state index contributed by atoms with van der Waals surface area (Å²) in [5.74, 6) is 1.11. The number of anilines is 2. The first-order valence-corrected chi connectivity index (χ1v) is 11.7. The summed E-state index contributed by atoms with van der Waals surface area (Å²) in [6.07, 6.45) is 3.79. The van der Waals surface area contributed by atoms with Crippen LogP contribution in [0.4, 0.5) is 11.5 Å². The van der Waals surface area contributed by atoms with Gasteiger partial charge < -0.3 is 10.2 Å². The van der Waals surface area contributed by atoms with Crippen LogP contribution in [0.1, 0.15) is 51.3 Å². The maximum Gasteiger partial charge on any atom is 0.164 e. The van der Waals surface area contributed by atoms with Crippen LogP contribution in [-0.4, -0.2) is 24.0 Å². The molecule has 0 saturated carbocycles. The van der Waals surface area contributed by atoms with Crippen molar-refractivity contribution in [2.75, 3.05) is 11.9 Å². The number of aryl methyl sites for hydroxylation is 1. The summed E-state index contributed by atoms with van der Waals surface area (Å²) in [5, 5.41) is 12.3. The largest absolute Gasteiger partial charge is 0.362 e. The van der Waals surface area contributed by atoms with Crippen LogP contribution in [0.15, 0.2) is 75.7 Å². The highest BCUT2D eigenvalue weighted by Crippen LogP contribution is 2.54. The molecule has 0 radical (unpaired) electrons. The van der Waals surface area contributed by atoms with Gasteiger partial charge in [0, 0.05) is 41.7 Å². The third-order valence-corrected chi connectivity index (χ3v) is 7.25. The number of ketones is 1. The number of Topliss-reactive ketones (excluding diaryl/α,β-unsaturated/α-hetero) is 1. The smallest absolute Gasteiger partial charge is 0.164 e. The predicted octanol–water partition coefficient (Wildman–Crippen LogP) is 5.73. The fraction of sp³-hybridized carbons (Fsp3) is 0.407. The van der Waals surface area contributed by atoms with E-state index >= 15 is 0 Å². The molecule has 1 aliphatic carbocycles. The molecule has 0 amide bonds. The Labute approximate surface area is 195 Å². The zero-order chi connectivity index (χ0) is 23.4. The molecule has 1 N–H and O–H groups in total. The standard InChI is InChI=1S/C27H31N5O/c1-6-27(18-10-8-11-19(13-18)32(5)23-12-7-9-17(2)29-23)20-16-28-31-25(20)30-21-14-26(3,4)15-22(33)24(21)27/h7-13,16,25,30H,6,14-15H2,1-5H3/t25?,27-/m0/s1. The van der Waals surface area contributed by atoms with E-state index in [0.29, 0.717) is 6.42 Å². The van der Waals surface area contributed by atoms with Crippen molar-refractivity contribution in [3.63, 3.8) is 0 Å². The molecule has 2 aromatic rings. The van der Waals surface area contributed by atoms with E-state index in [1.54, 1.807) is 0 Å². The van der Waals surface area contributed by atoms with Gasteiger partial charge >= 0.3 is 0 Å². The fourth-order valence-corrected chi connectivity index (χ4v) is 5.72. The molecular formula is C27H31N5O. The lowest BCUT2D eigenvalue weighted by atomic mass is 9.59. The van der Waals surface area contributed by atoms with Crippen LogP contribution in [-0.2, 0) is 10.2 Å². The molecule has 1 unspecified atom stereocenters. The molecule has 0 saturated heterocycles. The number of carbonyl (C=O) groups excluding carboxylic acids is 1. The summed E-state index contributed by atoms with van der Waals surface area (Å²) in [7, 11) is 2.03. The molecule has 1 aromatic heterocycles. The Kier molecular flexibility index (Phi) is 5.00. The zero-order valence-corrected chi connectivity index (χ0v) is 20.0. The number of rotatable bonds is 4. The average Bonchev–Trinajstić information content (AvgIpc) is 3.25. The first-order chi connectivity index (χ1) is 15.7. The maximum absolute atomic E-state index is 13.7. The maximum atomic E-state index is 13.7. The van der Waals surface area contributed by atoms with E-state index in [4.69, 9.17) is 0 Å². The van der Waals surface area contributed by atoms with Crippen LogP contribution < -0.4 is 10.2 Å². The lowest BCUT2D eigenvalue weighted by molar-refractivity contribution is -0.119. The number of azo groups is 1. The SMILES string of the molecule is CC[C@]1(c2cccc(N(C)c3cccc(C)n3)c2)C2=CN=NC2NC2=C1C(=O)CC(C)(C)C2. The van der Waals surface area contributed by atoms with Gasteiger partial charge in [-0.3, -0.25) is 4.79 Å². The van der Waals surface area contributed by atoms with Crippen molar-refractivity contribution >= 4 is 17.3 Å². The van der Waals surface area contributed by atoms with Gasteiger partial charge in [0.15, 0.2) is 11.9 Å². The van der Waals surface area contributed by atoms with Crippen LogP contribution in [0, 0.1) is 12.3 Å². The van der Waals surface area contributed by atoms with Gasteiger partial charge in [-0.05, 0) is 55.0 Å². The Balaban J connectivity index is 1.67. The van der Waals surface area contributed by atoms with E-state index in [9.17, 15) is 4.79 Å². The minimum Gasteiger partial charge on any atom is -0.362 e. The first kappa shape index (κ1) is 21.6. The number of hydrogen-bond acceptors (Lipinski definition) is 6. The van der Waals surface area contributed by atoms with Crippen molar-refractivity contribution < 1.29 is 4.79 Å². The van der Waals surface area contributed by atoms with Gasteiger partial charge in [0.25, 0.3) is 0 Å². The quantitative estimate of drug-likeness (QED) is 0.658. The number of benzene rings is 1. The van der Waals surface area contributed by atoms with Gasteiger partial charge in [0.2, 0.25) is 0 Å². The third kappa shape index (κ3) is 3.39. The third-order valence-electron chi connectivity index (χ3n) is 7.25. The topological polar surface area (TPSA) is 70.0 Å². The first-order valence-electron chi connectivity index (χ1n) is 11.7. The van der Waals surface area contributed by atoms with Gasteiger partial charge in [-0.1, -0.05) is 39.0 Å². The molecule has 6 heteroatoms. The number of nitrogens with zero attached hydrogens (tertiary/aromatic N) is 4. The summed E-state index contributed by atoms with van der Waals surface area (Å²) in [4.78, 5) is 20.4.